The number of nitrogens with zero attached hydrogens (tertiary/aromatic N) is 4. The molecule has 0 aliphatic carbocycles. The number of hydrogen-bond acceptors (Lipinski definition) is 4. The van der Waals surface area contributed by atoms with Gasteiger partial charge in [-0.25, -0.2) is 9.97 Å². The lowest BCUT2D eigenvalue weighted by Crippen LogP contribution is -2.10. The van der Waals surface area contributed by atoms with Crippen LogP contribution in [-0.2, 0) is 7.05 Å². The molecule has 0 bridgehead atoms. The van der Waals surface area contributed by atoms with E-state index in [0.717, 1.165) is 16.8 Å². The van der Waals surface area contributed by atoms with E-state index < -0.39 is 5.91 Å². The topological polar surface area (TPSA) is 99.0 Å². The van der Waals surface area contributed by atoms with Crippen LogP contribution < -0.4 is 5.73 Å². The van der Waals surface area contributed by atoms with Crippen LogP contribution in [0.4, 0.5) is 0 Å². The summed E-state index contributed by atoms with van der Waals surface area (Å²) >= 11 is 3.42. The molecule has 3 aromatic heterocycles. The molecule has 0 aliphatic rings. The molecule has 0 unspecified atom stereocenters. The fraction of sp³-hybridized carbons (Fsp3) is 0.167. The number of rotatable bonds is 2. The van der Waals surface area contributed by atoms with E-state index in [9.17, 15) is 9.90 Å². The molecule has 0 saturated heterocycles. The van der Waals surface area contributed by atoms with Gasteiger partial charge < -0.3 is 20.0 Å². The van der Waals surface area contributed by atoms with Crippen molar-refractivity contribution in [1.82, 2.24) is 19.1 Å². The van der Waals surface area contributed by atoms with Gasteiger partial charge in [-0.1, -0.05) is 6.07 Å². The fourth-order valence-electron chi connectivity index (χ4n) is 3.36. The molecule has 4 rings (SSSR count). The smallest absolute Gasteiger partial charge is 0.250 e. The lowest BCUT2D eigenvalue weighted by Gasteiger charge is -2.14. The summed E-state index contributed by atoms with van der Waals surface area (Å²) in [5, 5.41) is 10.8. The molecule has 7 nitrogen and oxygen atoms in total. The minimum atomic E-state index is -0.541. The molecular formula is C18H16BrN5O2. The van der Waals surface area contributed by atoms with Gasteiger partial charge in [0.15, 0.2) is 10.4 Å². The second kappa shape index (κ2) is 5.57. The van der Waals surface area contributed by atoms with Gasteiger partial charge in [0.25, 0.3) is 5.91 Å². The SMILES string of the molecule is Cc1ccc(O)c(C)c1-n1cc(C(N)=O)c2cnc3c(nc(Br)n3C)c21. The van der Waals surface area contributed by atoms with Crippen LogP contribution in [0.5, 0.6) is 5.75 Å². The lowest BCUT2D eigenvalue weighted by atomic mass is 10.1. The number of halogens is 1. The zero-order valence-electron chi connectivity index (χ0n) is 14.4. The van der Waals surface area contributed by atoms with E-state index in [2.05, 4.69) is 25.9 Å². The van der Waals surface area contributed by atoms with Crippen LogP contribution in [0.25, 0.3) is 27.8 Å². The van der Waals surface area contributed by atoms with Gasteiger partial charge in [0.05, 0.1) is 16.8 Å². The van der Waals surface area contributed by atoms with Crippen LogP contribution in [0.1, 0.15) is 21.5 Å². The Bertz CT molecular complexity index is 1220. The number of primary amides is 1. The number of carbonyl (C=O) groups is 1. The molecule has 132 valence electrons. The fourth-order valence-corrected chi connectivity index (χ4v) is 3.70. The summed E-state index contributed by atoms with van der Waals surface area (Å²) in [6, 6.07) is 3.49. The summed E-state index contributed by atoms with van der Waals surface area (Å²) in [4.78, 5) is 21.0. The van der Waals surface area contributed by atoms with Crippen molar-refractivity contribution >= 4 is 43.9 Å². The number of nitrogens with two attached hydrogens (primary N) is 1. The summed E-state index contributed by atoms with van der Waals surface area (Å²) < 4.78 is 4.31. The Morgan fingerprint density at radius 2 is 2.04 bits per heavy atom. The maximum absolute atomic E-state index is 12.0. The first-order valence-corrected chi connectivity index (χ1v) is 8.72. The van der Waals surface area contributed by atoms with Crippen molar-refractivity contribution in [2.75, 3.05) is 0 Å². The van der Waals surface area contributed by atoms with Gasteiger partial charge in [-0.2, -0.15) is 0 Å². The van der Waals surface area contributed by atoms with E-state index in [1.807, 2.05) is 36.1 Å². The highest BCUT2D eigenvalue weighted by atomic mass is 79.9. The third kappa shape index (κ3) is 2.15. The van der Waals surface area contributed by atoms with Gasteiger partial charge in [-0.15, -0.1) is 0 Å². The highest BCUT2D eigenvalue weighted by molar-refractivity contribution is 9.10. The lowest BCUT2D eigenvalue weighted by molar-refractivity contribution is 0.100. The molecule has 4 aromatic rings. The first kappa shape index (κ1) is 16.6. The predicted octanol–water partition coefficient (Wildman–Crippen LogP) is 3.10. The maximum Gasteiger partial charge on any atom is 0.250 e. The Balaban J connectivity index is 2.25. The zero-order valence-corrected chi connectivity index (χ0v) is 16.0. The molecule has 0 atom stereocenters. The van der Waals surface area contributed by atoms with Crippen molar-refractivity contribution in [3.05, 3.63) is 46.0 Å². The molecule has 0 saturated carbocycles. The van der Waals surface area contributed by atoms with Crippen LogP contribution in [0, 0.1) is 13.8 Å². The molecule has 0 spiro atoms. The first-order chi connectivity index (χ1) is 12.3. The largest absolute Gasteiger partial charge is 0.508 e. The number of benzene rings is 1. The van der Waals surface area contributed by atoms with E-state index >= 15 is 0 Å². The molecule has 0 fully saturated rings. The number of carbonyl (C=O) groups excluding carboxylic acids is 1. The third-order valence-corrected chi connectivity index (χ3v) is 5.41. The first-order valence-electron chi connectivity index (χ1n) is 7.92. The van der Waals surface area contributed by atoms with Crippen LogP contribution in [-0.4, -0.2) is 30.1 Å². The molecule has 0 aliphatic heterocycles. The van der Waals surface area contributed by atoms with Crippen molar-refractivity contribution in [2.45, 2.75) is 13.8 Å². The van der Waals surface area contributed by atoms with Crippen molar-refractivity contribution in [2.24, 2.45) is 12.8 Å². The van der Waals surface area contributed by atoms with Crippen molar-refractivity contribution in [1.29, 1.82) is 0 Å². The molecule has 1 aromatic carbocycles. The van der Waals surface area contributed by atoms with Gasteiger partial charge in [0, 0.05) is 30.4 Å². The summed E-state index contributed by atoms with van der Waals surface area (Å²) in [6.45, 7) is 3.78. The number of aromatic nitrogens is 4. The Hall–Kier alpha value is -2.87. The van der Waals surface area contributed by atoms with Gasteiger partial charge in [0.1, 0.15) is 11.3 Å². The molecule has 3 heterocycles. The summed E-state index contributed by atoms with van der Waals surface area (Å²) in [5.74, 6) is -0.360. The minimum absolute atomic E-state index is 0.181. The number of pyridine rings is 1. The van der Waals surface area contributed by atoms with Gasteiger partial charge in [-0.3, -0.25) is 4.79 Å². The zero-order chi connectivity index (χ0) is 18.7. The molecule has 8 heteroatoms. The predicted molar refractivity (Wildman–Crippen MR) is 103 cm³/mol. The highest BCUT2D eigenvalue weighted by Crippen LogP contribution is 2.35. The molecule has 0 radical (unpaired) electrons. The number of imidazole rings is 1. The van der Waals surface area contributed by atoms with E-state index in [1.165, 1.54) is 0 Å². The van der Waals surface area contributed by atoms with Gasteiger partial charge >= 0.3 is 0 Å². The van der Waals surface area contributed by atoms with E-state index in [4.69, 9.17) is 5.73 Å². The summed E-state index contributed by atoms with van der Waals surface area (Å²) in [5.41, 5.74) is 10.4. The van der Waals surface area contributed by atoms with Crippen LogP contribution in [0.2, 0.25) is 0 Å². The number of aryl methyl sites for hydroxylation is 2. The number of amides is 1. The minimum Gasteiger partial charge on any atom is -0.508 e. The number of fused-ring (bicyclic) bond motifs is 3. The summed E-state index contributed by atoms with van der Waals surface area (Å²) in [6.07, 6.45) is 3.32. The van der Waals surface area contributed by atoms with Gasteiger partial charge in [0.2, 0.25) is 0 Å². The van der Waals surface area contributed by atoms with E-state index in [0.29, 0.717) is 32.4 Å². The highest BCUT2D eigenvalue weighted by Gasteiger charge is 2.22. The molecule has 3 N–H and O–H groups in total. The second-order valence-electron chi connectivity index (χ2n) is 6.28. The number of phenols is 1. The van der Waals surface area contributed by atoms with E-state index in [1.54, 1.807) is 18.5 Å². The Morgan fingerprint density at radius 3 is 2.73 bits per heavy atom. The Kier molecular flexibility index (Phi) is 3.55. The Morgan fingerprint density at radius 1 is 1.31 bits per heavy atom. The molecule has 1 amide bonds. The average molecular weight is 414 g/mol. The average Bonchev–Trinajstić information content (AvgIpc) is 3.11. The number of aromatic hydroxyl groups is 1. The molecular weight excluding hydrogens is 398 g/mol. The van der Waals surface area contributed by atoms with Crippen LogP contribution in [0.15, 0.2) is 29.3 Å². The van der Waals surface area contributed by atoms with E-state index in [-0.39, 0.29) is 5.75 Å². The van der Waals surface area contributed by atoms with Crippen molar-refractivity contribution in [3.8, 4) is 11.4 Å². The maximum atomic E-state index is 12.0. The normalized spacial score (nSPS) is 11.5. The van der Waals surface area contributed by atoms with Crippen LogP contribution in [0.3, 0.4) is 0 Å². The standard InChI is InChI=1S/C18H16BrN5O2/c1-8-4-5-12(25)9(2)14(8)24-7-11(16(20)26)10-6-21-17-13(15(10)24)22-18(19)23(17)3/h4-7,25H,1-3H3,(H2,20,26). The number of hydrogen-bond donors (Lipinski definition) is 2. The molecule has 26 heavy (non-hydrogen) atoms. The monoisotopic (exact) mass is 413 g/mol. The van der Waals surface area contributed by atoms with Gasteiger partial charge in [-0.05, 0) is 41.4 Å². The number of phenolic OH excluding ortho intramolecular Hbond substituents is 1. The quantitative estimate of drug-likeness (QED) is 0.527. The second-order valence-corrected chi connectivity index (χ2v) is 6.99. The summed E-state index contributed by atoms with van der Waals surface area (Å²) in [7, 11) is 1.85. The Labute approximate surface area is 157 Å². The van der Waals surface area contributed by atoms with Crippen molar-refractivity contribution in [3.63, 3.8) is 0 Å². The van der Waals surface area contributed by atoms with Crippen molar-refractivity contribution < 1.29 is 9.90 Å². The third-order valence-electron chi connectivity index (χ3n) is 4.71. The van der Waals surface area contributed by atoms with Crippen LogP contribution >= 0.6 is 15.9 Å².